The Kier molecular flexibility index (Phi) is 4.53. The summed E-state index contributed by atoms with van der Waals surface area (Å²) in [6, 6.07) is 3.98. The summed E-state index contributed by atoms with van der Waals surface area (Å²) in [4.78, 5) is 49.6. The highest BCUT2D eigenvalue weighted by molar-refractivity contribution is 6.23. The minimum absolute atomic E-state index is 0.102. The van der Waals surface area contributed by atoms with Crippen molar-refractivity contribution in [2.24, 2.45) is 11.1 Å². The van der Waals surface area contributed by atoms with Crippen molar-refractivity contribution in [3.63, 3.8) is 0 Å². The predicted molar refractivity (Wildman–Crippen MR) is 94.4 cm³/mol. The lowest BCUT2D eigenvalue weighted by molar-refractivity contribution is -0.136. The molecule has 1 unspecified atom stereocenters. The van der Waals surface area contributed by atoms with Crippen LogP contribution in [0.2, 0.25) is 0 Å². The van der Waals surface area contributed by atoms with Gasteiger partial charge in [-0.25, -0.2) is 0 Å². The molecule has 0 radical (unpaired) electrons. The monoisotopic (exact) mass is 358 g/mol. The summed E-state index contributed by atoms with van der Waals surface area (Å²) in [5.74, 6) is -2.02. The fourth-order valence-corrected chi connectivity index (χ4v) is 2.99. The van der Waals surface area contributed by atoms with Crippen LogP contribution in [0, 0.1) is 5.41 Å². The standard InChI is InChI=1S/C18H22N4O4/c1-18(2,8-19)9-20-10-3-4-11-12(7-10)17(26)22(16(11)25)13-5-6-14(23)21-15(13)24/h3-4,7,13,20H,5-6,8-9,19H2,1-2H3,(H,21,23,24). The number of nitrogens with zero attached hydrogens (tertiary/aromatic N) is 1. The second kappa shape index (κ2) is 6.53. The van der Waals surface area contributed by atoms with E-state index in [4.69, 9.17) is 5.73 Å². The van der Waals surface area contributed by atoms with Gasteiger partial charge in [-0.2, -0.15) is 0 Å². The fourth-order valence-electron chi connectivity index (χ4n) is 2.99. The van der Waals surface area contributed by atoms with E-state index in [1.165, 1.54) is 0 Å². The zero-order valence-electron chi connectivity index (χ0n) is 14.8. The number of piperidine rings is 1. The van der Waals surface area contributed by atoms with E-state index in [9.17, 15) is 19.2 Å². The zero-order chi connectivity index (χ0) is 19.1. The number of amides is 4. The van der Waals surface area contributed by atoms with Crippen LogP contribution in [0.3, 0.4) is 0 Å². The van der Waals surface area contributed by atoms with Crippen LogP contribution >= 0.6 is 0 Å². The molecule has 2 aliphatic heterocycles. The van der Waals surface area contributed by atoms with Crippen LogP contribution in [-0.2, 0) is 9.59 Å². The van der Waals surface area contributed by atoms with Crippen molar-refractivity contribution in [2.45, 2.75) is 32.7 Å². The Balaban J connectivity index is 1.82. The molecule has 26 heavy (non-hydrogen) atoms. The van der Waals surface area contributed by atoms with Gasteiger partial charge in [0.15, 0.2) is 0 Å². The van der Waals surface area contributed by atoms with E-state index in [1.807, 2.05) is 13.8 Å². The molecule has 2 heterocycles. The maximum Gasteiger partial charge on any atom is 0.262 e. The van der Waals surface area contributed by atoms with E-state index in [0.29, 0.717) is 18.8 Å². The second-order valence-electron chi connectivity index (χ2n) is 7.43. The molecular weight excluding hydrogens is 336 g/mol. The molecule has 4 amide bonds. The van der Waals surface area contributed by atoms with E-state index in [1.54, 1.807) is 18.2 Å². The minimum atomic E-state index is -0.951. The summed E-state index contributed by atoms with van der Waals surface area (Å²) in [6.07, 6.45) is 0.247. The molecule has 0 aromatic heterocycles. The van der Waals surface area contributed by atoms with Crippen molar-refractivity contribution in [3.8, 4) is 0 Å². The summed E-state index contributed by atoms with van der Waals surface area (Å²) in [5, 5.41) is 5.40. The Morgan fingerprint density at radius 1 is 1.19 bits per heavy atom. The third kappa shape index (κ3) is 3.20. The van der Waals surface area contributed by atoms with Crippen LogP contribution < -0.4 is 16.4 Å². The van der Waals surface area contributed by atoms with Crippen LogP contribution in [0.1, 0.15) is 47.4 Å². The van der Waals surface area contributed by atoms with Gasteiger partial charge in [0.2, 0.25) is 11.8 Å². The number of imide groups is 2. The number of carbonyl (C=O) groups is 4. The molecule has 4 N–H and O–H groups in total. The van der Waals surface area contributed by atoms with Crippen molar-refractivity contribution in [2.75, 3.05) is 18.4 Å². The summed E-state index contributed by atoms with van der Waals surface area (Å²) in [6.45, 7) is 5.16. The van der Waals surface area contributed by atoms with E-state index < -0.39 is 29.7 Å². The Labute approximate surface area is 151 Å². The highest BCUT2D eigenvalue weighted by atomic mass is 16.2. The largest absolute Gasteiger partial charge is 0.384 e. The van der Waals surface area contributed by atoms with E-state index in [-0.39, 0.29) is 29.4 Å². The third-order valence-corrected chi connectivity index (χ3v) is 4.76. The van der Waals surface area contributed by atoms with Gasteiger partial charge in [0.05, 0.1) is 11.1 Å². The first-order valence-electron chi connectivity index (χ1n) is 8.53. The van der Waals surface area contributed by atoms with E-state index in [2.05, 4.69) is 10.6 Å². The molecule has 0 aliphatic carbocycles. The number of benzene rings is 1. The van der Waals surface area contributed by atoms with Crippen molar-refractivity contribution in [3.05, 3.63) is 29.3 Å². The highest BCUT2D eigenvalue weighted by Crippen LogP contribution is 2.29. The molecular formula is C18H22N4O4. The molecule has 0 saturated carbocycles. The second-order valence-corrected chi connectivity index (χ2v) is 7.43. The van der Waals surface area contributed by atoms with Gasteiger partial charge >= 0.3 is 0 Å². The van der Waals surface area contributed by atoms with Crippen molar-refractivity contribution >= 4 is 29.3 Å². The van der Waals surface area contributed by atoms with Crippen LogP contribution in [0.4, 0.5) is 5.69 Å². The van der Waals surface area contributed by atoms with Gasteiger partial charge in [0.25, 0.3) is 11.8 Å². The first-order valence-corrected chi connectivity index (χ1v) is 8.53. The molecule has 1 aromatic rings. The first kappa shape index (κ1) is 18.1. The normalized spacial score (nSPS) is 20.3. The fraction of sp³-hybridized carbons (Fsp3) is 0.444. The Bertz CT molecular complexity index is 802. The van der Waals surface area contributed by atoms with Crippen molar-refractivity contribution < 1.29 is 19.2 Å². The molecule has 0 bridgehead atoms. The lowest BCUT2D eigenvalue weighted by Gasteiger charge is -2.27. The topological polar surface area (TPSA) is 122 Å². The van der Waals surface area contributed by atoms with Gasteiger partial charge in [-0.1, -0.05) is 13.8 Å². The van der Waals surface area contributed by atoms with Gasteiger partial charge < -0.3 is 11.1 Å². The smallest absolute Gasteiger partial charge is 0.262 e. The molecule has 1 saturated heterocycles. The summed E-state index contributed by atoms with van der Waals surface area (Å²) < 4.78 is 0. The lowest BCUT2D eigenvalue weighted by Crippen LogP contribution is -2.54. The van der Waals surface area contributed by atoms with Gasteiger partial charge in [-0.3, -0.25) is 29.4 Å². The Morgan fingerprint density at radius 2 is 1.88 bits per heavy atom. The SMILES string of the molecule is CC(C)(CN)CNc1ccc2c(c1)C(=O)N(C1CCC(=O)NC1=O)C2=O. The molecule has 3 rings (SSSR count). The number of nitrogens with one attached hydrogen (secondary N) is 2. The molecule has 1 atom stereocenters. The van der Waals surface area contributed by atoms with Gasteiger partial charge in [-0.15, -0.1) is 0 Å². The molecule has 2 aliphatic rings. The molecule has 1 fully saturated rings. The number of hydrogen-bond donors (Lipinski definition) is 3. The summed E-state index contributed by atoms with van der Waals surface area (Å²) in [5.41, 5.74) is 6.84. The maximum absolute atomic E-state index is 12.7. The molecule has 8 heteroatoms. The van der Waals surface area contributed by atoms with Crippen molar-refractivity contribution in [1.29, 1.82) is 0 Å². The third-order valence-electron chi connectivity index (χ3n) is 4.76. The quantitative estimate of drug-likeness (QED) is 0.659. The zero-order valence-corrected chi connectivity index (χ0v) is 14.8. The average molecular weight is 358 g/mol. The van der Waals surface area contributed by atoms with Gasteiger partial charge in [0, 0.05) is 18.7 Å². The van der Waals surface area contributed by atoms with Gasteiger partial charge in [-0.05, 0) is 36.6 Å². The van der Waals surface area contributed by atoms with Crippen molar-refractivity contribution in [1.82, 2.24) is 10.2 Å². The number of anilines is 1. The van der Waals surface area contributed by atoms with Crippen LogP contribution in [0.5, 0.6) is 0 Å². The van der Waals surface area contributed by atoms with Gasteiger partial charge in [0.1, 0.15) is 6.04 Å². The number of carbonyl (C=O) groups excluding carboxylic acids is 4. The first-order chi connectivity index (χ1) is 12.2. The number of rotatable bonds is 5. The molecule has 0 spiro atoms. The number of nitrogens with two attached hydrogens (primary N) is 1. The highest BCUT2D eigenvalue weighted by Gasteiger charge is 2.44. The molecule has 138 valence electrons. The number of fused-ring (bicyclic) bond motifs is 1. The van der Waals surface area contributed by atoms with Crippen LogP contribution in [0.15, 0.2) is 18.2 Å². The predicted octanol–water partition coefficient (Wildman–Crippen LogP) is 0.485. The average Bonchev–Trinajstić information content (AvgIpc) is 2.84. The maximum atomic E-state index is 12.7. The molecule has 8 nitrogen and oxygen atoms in total. The Morgan fingerprint density at radius 3 is 2.54 bits per heavy atom. The molecule has 1 aromatic carbocycles. The minimum Gasteiger partial charge on any atom is -0.384 e. The summed E-state index contributed by atoms with van der Waals surface area (Å²) >= 11 is 0. The lowest BCUT2D eigenvalue weighted by atomic mass is 9.94. The Hall–Kier alpha value is -2.74. The van der Waals surface area contributed by atoms with E-state index >= 15 is 0 Å². The van der Waals surface area contributed by atoms with Crippen LogP contribution in [0.25, 0.3) is 0 Å². The van der Waals surface area contributed by atoms with Crippen LogP contribution in [-0.4, -0.2) is 47.7 Å². The van der Waals surface area contributed by atoms with E-state index in [0.717, 1.165) is 4.90 Å². The number of hydrogen-bond acceptors (Lipinski definition) is 6. The summed E-state index contributed by atoms with van der Waals surface area (Å²) in [7, 11) is 0.